The molecule has 0 saturated heterocycles. The maximum atomic E-state index is 13.2. The van der Waals surface area contributed by atoms with Crippen molar-refractivity contribution >= 4 is 23.5 Å². The second-order valence-electron chi connectivity index (χ2n) is 8.99. The Hall–Kier alpha value is -3.75. The minimum atomic E-state index is -0.635. The number of carbonyl (C=O) groups excluding carboxylic acids is 3. The van der Waals surface area contributed by atoms with E-state index in [2.05, 4.69) is 15.4 Å². The third-order valence-electron chi connectivity index (χ3n) is 5.60. The first kappa shape index (κ1) is 22.4. The van der Waals surface area contributed by atoms with Crippen molar-refractivity contribution in [1.82, 2.24) is 19.9 Å². The van der Waals surface area contributed by atoms with E-state index in [9.17, 15) is 14.4 Å². The van der Waals surface area contributed by atoms with Gasteiger partial charge in [0.05, 0.1) is 24.9 Å². The van der Waals surface area contributed by atoms with Crippen molar-refractivity contribution in [2.75, 3.05) is 7.11 Å². The number of nitrogens with one attached hydrogen (secondary N) is 1. The highest BCUT2D eigenvalue weighted by Crippen LogP contribution is 2.35. The highest BCUT2D eigenvalue weighted by atomic mass is 16.6. The Labute approximate surface area is 191 Å². The quantitative estimate of drug-likeness (QED) is 0.608. The molecule has 1 unspecified atom stereocenters. The lowest BCUT2D eigenvalue weighted by molar-refractivity contribution is 0.00682. The Morgan fingerprint density at radius 2 is 1.91 bits per heavy atom. The molecule has 0 saturated carbocycles. The van der Waals surface area contributed by atoms with Crippen LogP contribution >= 0.6 is 0 Å². The zero-order valence-electron chi connectivity index (χ0n) is 19.3. The lowest BCUT2D eigenvalue weighted by Gasteiger charge is -2.21. The van der Waals surface area contributed by atoms with E-state index in [1.54, 1.807) is 12.1 Å². The summed E-state index contributed by atoms with van der Waals surface area (Å²) in [6.07, 6.45) is 2.92. The number of amides is 1. The smallest absolute Gasteiger partial charge is 0.356 e. The summed E-state index contributed by atoms with van der Waals surface area (Å²) in [5, 5.41) is 7.18. The van der Waals surface area contributed by atoms with E-state index in [-0.39, 0.29) is 29.3 Å². The van der Waals surface area contributed by atoms with Gasteiger partial charge in [-0.2, -0.15) is 5.10 Å². The Balaban J connectivity index is 1.61. The van der Waals surface area contributed by atoms with Gasteiger partial charge in [0.25, 0.3) is 5.91 Å². The molecule has 0 spiro atoms. The van der Waals surface area contributed by atoms with E-state index in [0.717, 1.165) is 23.1 Å². The summed E-state index contributed by atoms with van der Waals surface area (Å²) in [4.78, 5) is 41.9. The number of hydrogen-bond acceptors (Lipinski definition) is 7. The largest absolute Gasteiger partial charge is 0.464 e. The normalized spacial score (nSPS) is 15.2. The molecule has 1 aliphatic carbocycles. The molecule has 1 N–H and O–H groups in total. The van der Waals surface area contributed by atoms with E-state index in [1.165, 1.54) is 23.9 Å². The Morgan fingerprint density at radius 3 is 2.61 bits per heavy atom. The molecular weight excluding hydrogens is 424 g/mol. The molecule has 2 heterocycles. The Kier molecular flexibility index (Phi) is 5.65. The van der Waals surface area contributed by atoms with Gasteiger partial charge < -0.3 is 14.8 Å². The van der Waals surface area contributed by atoms with Gasteiger partial charge in [-0.3, -0.25) is 4.79 Å². The summed E-state index contributed by atoms with van der Waals surface area (Å²) in [7, 11) is 1.26. The number of aromatic nitrogens is 3. The van der Waals surface area contributed by atoms with Crippen LogP contribution in [0.15, 0.2) is 30.5 Å². The van der Waals surface area contributed by atoms with E-state index in [1.807, 2.05) is 33.8 Å². The summed E-state index contributed by atoms with van der Waals surface area (Å²) in [5.74, 6) is -1.38. The maximum absolute atomic E-state index is 13.2. The monoisotopic (exact) mass is 450 g/mol. The molecule has 3 aromatic rings. The summed E-state index contributed by atoms with van der Waals surface area (Å²) in [6.45, 7) is 7.41. The number of nitrogens with zero attached hydrogens (tertiary/aromatic N) is 3. The lowest BCUT2D eigenvalue weighted by Crippen LogP contribution is -2.29. The van der Waals surface area contributed by atoms with Crippen molar-refractivity contribution in [1.29, 1.82) is 0 Å². The first-order valence-electron chi connectivity index (χ1n) is 10.7. The van der Waals surface area contributed by atoms with Gasteiger partial charge in [0.2, 0.25) is 0 Å². The van der Waals surface area contributed by atoms with Gasteiger partial charge in [-0.05, 0) is 63.3 Å². The number of rotatable bonds is 4. The molecule has 4 rings (SSSR count). The van der Waals surface area contributed by atoms with Crippen LogP contribution in [0.1, 0.15) is 81.3 Å². The fourth-order valence-electron chi connectivity index (χ4n) is 4.10. The summed E-state index contributed by atoms with van der Waals surface area (Å²) >= 11 is 0. The third-order valence-corrected chi connectivity index (χ3v) is 5.60. The number of ether oxygens (including phenoxy) is 2. The molecule has 0 radical (unpaired) electrons. The van der Waals surface area contributed by atoms with Gasteiger partial charge in [0.15, 0.2) is 11.3 Å². The number of hydrogen-bond donors (Lipinski definition) is 1. The zero-order chi connectivity index (χ0) is 23.9. The minimum Gasteiger partial charge on any atom is -0.464 e. The fraction of sp³-hybridized carbons (Fsp3) is 0.375. The molecule has 1 amide bonds. The van der Waals surface area contributed by atoms with Crippen molar-refractivity contribution in [3.8, 4) is 0 Å². The first-order chi connectivity index (χ1) is 15.6. The van der Waals surface area contributed by atoms with Crippen molar-refractivity contribution in [3.63, 3.8) is 0 Å². The van der Waals surface area contributed by atoms with E-state index >= 15 is 0 Å². The number of esters is 2. The molecule has 0 fully saturated rings. The summed E-state index contributed by atoms with van der Waals surface area (Å²) in [6, 6.07) is 6.36. The van der Waals surface area contributed by atoms with Gasteiger partial charge in [-0.1, -0.05) is 6.07 Å². The number of methoxy groups -OCH3 is 1. The fourth-order valence-corrected chi connectivity index (χ4v) is 4.10. The molecule has 1 aliphatic rings. The number of benzene rings is 1. The Morgan fingerprint density at radius 1 is 1.15 bits per heavy atom. The van der Waals surface area contributed by atoms with Crippen LogP contribution < -0.4 is 5.32 Å². The molecule has 0 aliphatic heterocycles. The number of carbonyl (C=O) groups is 3. The zero-order valence-corrected chi connectivity index (χ0v) is 19.3. The summed E-state index contributed by atoms with van der Waals surface area (Å²) < 4.78 is 11.7. The molecule has 1 aromatic carbocycles. The second kappa shape index (κ2) is 8.31. The Bertz CT molecular complexity index is 1270. The van der Waals surface area contributed by atoms with Crippen molar-refractivity contribution < 1.29 is 23.9 Å². The van der Waals surface area contributed by atoms with Crippen LogP contribution in [0, 0.1) is 6.92 Å². The van der Waals surface area contributed by atoms with Crippen LogP contribution in [0.3, 0.4) is 0 Å². The van der Waals surface area contributed by atoms with Crippen molar-refractivity contribution in [3.05, 3.63) is 64.1 Å². The first-order valence-corrected chi connectivity index (χ1v) is 10.7. The van der Waals surface area contributed by atoms with E-state index in [4.69, 9.17) is 9.47 Å². The van der Waals surface area contributed by atoms with Gasteiger partial charge >= 0.3 is 11.9 Å². The van der Waals surface area contributed by atoms with Gasteiger partial charge in [-0.25, -0.2) is 19.1 Å². The molecular formula is C24H26N4O5. The molecule has 1 atom stereocenters. The van der Waals surface area contributed by atoms with Crippen LogP contribution in [0.25, 0.3) is 5.65 Å². The van der Waals surface area contributed by atoms with Gasteiger partial charge in [0, 0.05) is 12.1 Å². The molecule has 9 nitrogen and oxygen atoms in total. The summed E-state index contributed by atoms with van der Waals surface area (Å²) in [5.41, 5.74) is 3.40. The van der Waals surface area contributed by atoms with Gasteiger partial charge in [0.1, 0.15) is 11.3 Å². The predicted octanol–water partition coefficient (Wildman–Crippen LogP) is 3.20. The second-order valence-corrected chi connectivity index (χ2v) is 8.99. The highest BCUT2D eigenvalue weighted by molar-refractivity contribution is 5.97. The van der Waals surface area contributed by atoms with Crippen LogP contribution in [0.5, 0.6) is 0 Å². The van der Waals surface area contributed by atoms with Crippen LogP contribution in [0.2, 0.25) is 0 Å². The van der Waals surface area contributed by atoms with Crippen LogP contribution in [-0.2, 0) is 15.9 Å². The average molecular weight is 450 g/mol. The molecule has 2 aromatic heterocycles. The molecule has 0 bridgehead atoms. The van der Waals surface area contributed by atoms with Gasteiger partial charge in [-0.15, -0.1) is 0 Å². The molecule has 9 heteroatoms. The van der Waals surface area contributed by atoms with E-state index < -0.39 is 11.6 Å². The van der Waals surface area contributed by atoms with Crippen LogP contribution in [0.4, 0.5) is 0 Å². The molecule has 33 heavy (non-hydrogen) atoms. The third kappa shape index (κ3) is 4.30. The molecule has 172 valence electrons. The van der Waals surface area contributed by atoms with Crippen molar-refractivity contribution in [2.24, 2.45) is 0 Å². The van der Waals surface area contributed by atoms with Crippen LogP contribution in [-0.4, -0.2) is 45.2 Å². The van der Waals surface area contributed by atoms with E-state index in [0.29, 0.717) is 17.6 Å². The standard InChI is InChI=1S/C24H26N4O5/c1-13-14-8-9-17(16(14)7-6-15(13)22(30)33-24(2,3)4)27-21(29)19-12-18(23(31)32-5)26-20-10-11-25-28(19)20/h6-7,10-12,17H,8-9H2,1-5H3,(H,27,29). The highest BCUT2D eigenvalue weighted by Gasteiger charge is 2.30. The average Bonchev–Trinajstić information content (AvgIpc) is 3.38. The SMILES string of the molecule is COC(=O)c1cc(C(=O)NC2CCc3c2ccc(C(=O)OC(C)(C)C)c3C)n2nccc2n1. The number of fused-ring (bicyclic) bond motifs is 2. The maximum Gasteiger partial charge on any atom is 0.356 e. The predicted molar refractivity (Wildman–Crippen MR) is 119 cm³/mol. The minimum absolute atomic E-state index is 0.0281. The lowest BCUT2D eigenvalue weighted by atomic mass is 9.97. The topological polar surface area (TPSA) is 112 Å². The van der Waals surface area contributed by atoms with Crippen molar-refractivity contribution in [2.45, 2.75) is 52.2 Å².